The zero-order valence-electron chi connectivity index (χ0n) is 18.0. The monoisotopic (exact) mass is 551 g/mol. The first-order valence-corrected chi connectivity index (χ1v) is 12.3. The highest BCUT2D eigenvalue weighted by molar-refractivity contribution is 8.18. The molecule has 2 amide bonds. The van der Waals surface area contributed by atoms with Gasteiger partial charge in [0.1, 0.15) is 24.8 Å². The molecule has 180 valence electrons. The fraction of sp³-hybridized carbons (Fsp3) is 0.120. The summed E-state index contributed by atoms with van der Waals surface area (Å²) in [4.78, 5) is 26.4. The van der Waals surface area contributed by atoms with Crippen molar-refractivity contribution in [3.8, 4) is 11.5 Å². The number of carbonyl (C=O) groups excluding carboxylic acids is 2. The highest BCUT2D eigenvalue weighted by Gasteiger charge is 2.34. The Balaban J connectivity index is 1.41. The van der Waals surface area contributed by atoms with Crippen LogP contribution in [-0.2, 0) is 11.4 Å². The molecule has 1 heterocycles. The molecule has 0 bridgehead atoms. The number of amides is 2. The minimum atomic E-state index is -0.450. The molecule has 0 aromatic heterocycles. The minimum Gasteiger partial charge on any atom is -0.492 e. The number of thioether (sulfide) groups is 1. The van der Waals surface area contributed by atoms with Crippen LogP contribution in [0.25, 0.3) is 6.08 Å². The Hall–Kier alpha value is -2.71. The third-order valence-electron chi connectivity index (χ3n) is 4.92. The van der Waals surface area contributed by atoms with E-state index in [9.17, 15) is 14.0 Å². The Morgan fingerprint density at radius 2 is 1.60 bits per heavy atom. The van der Waals surface area contributed by atoms with Gasteiger partial charge in [0, 0.05) is 10.6 Å². The third-order valence-corrected chi connectivity index (χ3v) is 6.76. The van der Waals surface area contributed by atoms with E-state index in [-0.39, 0.29) is 46.3 Å². The van der Waals surface area contributed by atoms with Crippen LogP contribution in [0, 0.1) is 5.82 Å². The van der Waals surface area contributed by atoms with Gasteiger partial charge in [0.15, 0.2) is 5.75 Å². The predicted molar refractivity (Wildman–Crippen MR) is 137 cm³/mol. The number of ether oxygens (including phenoxy) is 2. The van der Waals surface area contributed by atoms with Crippen LogP contribution in [0.3, 0.4) is 0 Å². The molecule has 0 unspecified atom stereocenters. The number of nitrogens with zero attached hydrogens (tertiary/aromatic N) is 1. The van der Waals surface area contributed by atoms with Gasteiger partial charge in [0.25, 0.3) is 11.1 Å². The number of benzene rings is 3. The van der Waals surface area contributed by atoms with Gasteiger partial charge in [-0.05, 0) is 65.9 Å². The Morgan fingerprint density at radius 1 is 0.914 bits per heavy atom. The zero-order valence-corrected chi connectivity index (χ0v) is 21.1. The highest BCUT2D eigenvalue weighted by atomic mass is 35.5. The average Bonchev–Trinajstić information content (AvgIpc) is 3.08. The second kappa shape index (κ2) is 11.4. The van der Waals surface area contributed by atoms with E-state index in [0.717, 1.165) is 22.2 Å². The largest absolute Gasteiger partial charge is 0.492 e. The fourth-order valence-electron chi connectivity index (χ4n) is 3.20. The van der Waals surface area contributed by atoms with E-state index in [4.69, 9.17) is 44.3 Å². The van der Waals surface area contributed by atoms with Gasteiger partial charge in [-0.25, -0.2) is 4.39 Å². The SMILES string of the molecule is O=C1S/C(=C\c2cc(Cl)c(OCc3ccccc3Cl)c(Cl)c2)C(=O)N1CCOc1ccc(F)cc1. The molecule has 0 aliphatic carbocycles. The lowest BCUT2D eigenvalue weighted by molar-refractivity contribution is -0.123. The molecule has 10 heteroatoms. The maximum absolute atomic E-state index is 13.0. The summed E-state index contributed by atoms with van der Waals surface area (Å²) in [5.74, 6) is -0.102. The summed E-state index contributed by atoms with van der Waals surface area (Å²) in [6, 6.07) is 15.9. The average molecular weight is 553 g/mol. The summed E-state index contributed by atoms with van der Waals surface area (Å²) in [6.45, 7) is 0.305. The second-order valence-corrected chi connectivity index (χ2v) is 9.54. The van der Waals surface area contributed by atoms with E-state index < -0.39 is 11.1 Å². The van der Waals surface area contributed by atoms with Gasteiger partial charge in [0.2, 0.25) is 0 Å². The van der Waals surface area contributed by atoms with E-state index in [1.54, 1.807) is 24.3 Å². The Labute approximate surface area is 220 Å². The van der Waals surface area contributed by atoms with Crippen molar-refractivity contribution in [3.05, 3.63) is 97.6 Å². The first kappa shape index (κ1) is 25.4. The van der Waals surface area contributed by atoms with Crippen LogP contribution in [0.4, 0.5) is 9.18 Å². The number of carbonyl (C=O) groups is 2. The molecular formula is C25H17Cl3FNO4S. The molecule has 35 heavy (non-hydrogen) atoms. The normalized spacial score (nSPS) is 14.6. The van der Waals surface area contributed by atoms with Crippen molar-refractivity contribution < 1.29 is 23.5 Å². The summed E-state index contributed by atoms with van der Waals surface area (Å²) in [6.07, 6.45) is 1.54. The number of hydrogen-bond acceptors (Lipinski definition) is 5. The van der Waals surface area contributed by atoms with E-state index in [0.29, 0.717) is 16.3 Å². The van der Waals surface area contributed by atoms with Crippen molar-refractivity contribution >= 4 is 63.8 Å². The van der Waals surface area contributed by atoms with Crippen molar-refractivity contribution in [2.45, 2.75) is 6.61 Å². The van der Waals surface area contributed by atoms with Crippen LogP contribution in [0.2, 0.25) is 15.1 Å². The first-order valence-electron chi connectivity index (χ1n) is 10.3. The van der Waals surface area contributed by atoms with Gasteiger partial charge >= 0.3 is 0 Å². The predicted octanol–water partition coefficient (Wildman–Crippen LogP) is 7.48. The Morgan fingerprint density at radius 3 is 2.29 bits per heavy atom. The van der Waals surface area contributed by atoms with Crippen molar-refractivity contribution in [2.75, 3.05) is 13.2 Å². The molecule has 4 rings (SSSR count). The van der Waals surface area contributed by atoms with Crippen molar-refractivity contribution in [2.24, 2.45) is 0 Å². The number of halogens is 4. The molecule has 1 aliphatic heterocycles. The smallest absolute Gasteiger partial charge is 0.293 e. The van der Waals surface area contributed by atoms with Crippen LogP contribution in [0.15, 0.2) is 65.6 Å². The van der Waals surface area contributed by atoms with E-state index >= 15 is 0 Å². The molecule has 0 spiro atoms. The number of imide groups is 1. The quantitative estimate of drug-likeness (QED) is 0.271. The summed E-state index contributed by atoms with van der Waals surface area (Å²) < 4.78 is 24.2. The van der Waals surface area contributed by atoms with E-state index in [2.05, 4.69) is 0 Å². The maximum Gasteiger partial charge on any atom is 0.293 e. The molecular weight excluding hydrogens is 536 g/mol. The number of hydrogen-bond donors (Lipinski definition) is 0. The lowest BCUT2D eigenvalue weighted by Crippen LogP contribution is -2.32. The van der Waals surface area contributed by atoms with Crippen LogP contribution < -0.4 is 9.47 Å². The molecule has 3 aromatic carbocycles. The zero-order chi connectivity index (χ0) is 24.9. The van der Waals surface area contributed by atoms with Gasteiger partial charge in [-0.3, -0.25) is 14.5 Å². The topological polar surface area (TPSA) is 55.8 Å². The van der Waals surface area contributed by atoms with Crippen LogP contribution in [0.1, 0.15) is 11.1 Å². The maximum atomic E-state index is 13.0. The standard InChI is InChI=1S/C25H17Cl3FNO4S/c26-19-4-2-1-3-16(19)14-34-23-20(27)11-15(12-21(23)28)13-22-24(31)30(25(32)35-22)9-10-33-18-7-5-17(29)6-8-18/h1-8,11-13H,9-10,14H2/b22-13-. The third kappa shape index (κ3) is 6.30. The highest BCUT2D eigenvalue weighted by Crippen LogP contribution is 2.38. The Kier molecular flexibility index (Phi) is 8.23. The summed E-state index contributed by atoms with van der Waals surface area (Å²) >= 11 is 19.7. The second-order valence-electron chi connectivity index (χ2n) is 7.33. The van der Waals surface area contributed by atoms with Crippen molar-refractivity contribution in [1.29, 1.82) is 0 Å². The van der Waals surface area contributed by atoms with Gasteiger partial charge in [-0.2, -0.15) is 0 Å². The first-order chi connectivity index (χ1) is 16.8. The lowest BCUT2D eigenvalue weighted by Gasteiger charge is -2.13. The van der Waals surface area contributed by atoms with Crippen molar-refractivity contribution in [1.82, 2.24) is 4.90 Å². The molecule has 0 radical (unpaired) electrons. The minimum absolute atomic E-state index is 0.0513. The molecule has 0 N–H and O–H groups in total. The van der Waals surface area contributed by atoms with Crippen LogP contribution in [-0.4, -0.2) is 29.2 Å². The molecule has 1 aliphatic rings. The molecule has 1 saturated heterocycles. The van der Waals surface area contributed by atoms with Crippen molar-refractivity contribution in [3.63, 3.8) is 0 Å². The summed E-state index contributed by atoms with van der Waals surface area (Å²) in [5.41, 5.74) is 1.32. The van der Waals surface area contributed by atoms with Crippen LogP contribution in [0.5, 0.6) is 11.5 Å². The van der Waals surface area contributed by atoms with Crippen LogP contribution >= 0.6 is 46.6 Å². The van der Waals surface area contributed by atoms with Gasteiger partial charge in [-0.1, -0.05) is 53.0 Å². The molecule has 0 saturated carbocycles. The van der Waals surface area contributed by atoms with Gasteiger partial charge < -0.3 is 9.47 Å². The van der Waals surface area contributed by atoms with Gasteiger partial charge in [-0.15, -0.1) is 0 Å². The molecule has 1 fully saturated rings. The van der Waals surface area contributed by atoms with Gasteiger partial charge in [0.05, 0.1) is 21.5 Å². The Bertz CT molecular complexity index is 1280. The van der Waals surface area contributed by atoms with E-state index in [1.807, 2.05) is 18.2 Å². The summed E-state index contributed by atoms with van der Waals surface area (Å²) in [5, 5.41) is 0.654. The molecule has 5 nitrogen and oxygen atoms in total. The number of rotatable bonds is 8. The lowest BCUT2D eigenvalue weighted by atomic mass is 10.2. The molecule has 0 atom stereocenters. The van der Waals surface area contributed by atoms with E-state index in [1.165, 1.54) is 24.3 Å². The molecule has 3 aromatic rings. The fourth-order valence-corrected chi connectivity index (χ4v) is 4.86. The summed E-state index contributed by atoms with van der Waals surface area (Å²) in [7, 11) is 0.